The molecule has 1 aliphatic rings. The maximum Gasteiger partial charge on any atom is 0.417 e. The summed E-state index contributed by atoms with van der Waals surface area (Å²) in [5.74, 6) is -0.0330. The molecule has 2 N–H and O–H groups in total. The van der Waals surface area contributed by atoms with Crippen LogP contribution in [0.2, 0.25) is 0 Å². The third-order valence-electron chi connectivity index (χ3n) is 5.42. The topological polar surface area (TPSA) is 78.5 Å². The van der Waals surface area contributed by atoms with Gasteiger partial charge in [-0.15, -0.1) is 0 Å². The molecule has 0 spiro atoms. The number of piperidine rings is 1. The molecule has 1 aromatic carbocycles. The van der Waals surface area contributed by atoms with Crippen LogP contribution in [0.4, 0.5) is 13.2 Å². The summed E-state index contributed by atoms with van der Waals surface area (Å²) >= 11 is 0. The summed E-state index contributed by atoms with van der Waals surface area (Å²) in [5.41, 5.74) is -1.60. The molecule has 0 radical (unpaired) electrons. The number of nitrogens with zero attached hydrogens (tertiary/aromatic N) is 1. The van der Waals surface area contributed by atoms with Gasteiger partial charge in [0.2, 0.25) is 15.9 Å². The molecule has 1 aliphatic heterocycles. The van der Waals surface area contributed by atoms with E-state index in [1.54, 1.807) is 0 Å². The number of hydrogen-bond donors (Lipinski definition) is 2. The van der Waals surface area contributed by atoms with E-state index in [0.29, 0.717) is 18.5 Å². The minimum Gasteiger partial charge on any atom is -0.353 e. The first-order chi connectivity index (χ1) is 13.7. The molecule has 0 saturated carbocycles. The molecule has 2 rings (SSSR count). The van der Waals surface area contributed by atoms with Crippen LogP contribution in [0.25, 0.3) is 0 Å². The summed E-state index contributed by atoms with van der Waals surface area (Å²) in [7, 11) is -4.54. The van der Waals surface area contributed by atoms with E-state index in [1.807, 2.05) is 13.8 Å². The van der Waals surface area contributed by atoms with Crippen molar-refractivity contribution in [1.29, 1.82) is 0 Å². The van der Waals surface area contributed by atoms with Gasteiger partial charge in [-0.05, 0) is 58.2 Å². The molecule has 170 valence electrons. The SMILES string of the molecule is CC1CCCN(C(C)(C)CNC(=O)[C@H](C)NS(=O)(=O)c2ccccc2C(F)(F)F)C1. The molecule has 1 amide bonds. The van der Waals surface area contributed by atoms with Crippen molar-refractivity contribution in [2.75, 3.05) is 19.6 Å². The Morgan fingerprint density at radius 3 is 2.50 bits per heavy atom. The van der Waals surface area contributed by atoms with Crippen LogP contribution in [0.3, 0.4) is 0 Å². The van der Waals surface area contributed by atoms with E-state index in [2.05, 4.69) is 21.9 Å². The van der Waals surface area contributed by atoms with Gasteiger partial charge < -0.3 is 5.32 Å². The molecule has 2 atom stereocenters. The number of sulfonamides is 1. The summed E-state index contributed by atoms with van der Waals surface area (Å²) in [6.07, 6.45) is -2.59. The van der Waals surface area contributed by atoms with E-state index in [0.717, 1.165) is 38.1 Å². The molecule has 0 aromatic heterocycles. The molecular formula is C20H30F3N3O3S. The number of halogens is 3. The summed E-state index contributed by atoms with van der Waals surface area (Å²) < 4.78 is 66.5. The number of likely N-dealkylation sites (tertiary alicyclic amines) is 1. The summed E-state index contributed by atoms with van der Waals surface area (Å²) in [6.45, 7) is 9.61. The maximum atomic E-state index is 13.2. The Kier molecular flexibility index (Phi) is 7.58. The predicted molar refractivity (Wildman–Crippen MR) is 108 cm³/mol. The van der Waals surface area contributed by atoms with E-state index in [9.17, 15) is 26.4 Å². The summed E-state index contributed by atoms with van der Waals surface area (Å²) in [4.78, 5) is 13.8. The molecule has 0 bridgehead atoms. The zero-order chi connectivity index (χ0) is 22.7. The average Bonchev–Trinajstić information content (AvgIpc) is 2.65. The molecule has 1 saturated heterocycles. The fourth-order valence-corrected chi connectivity index (χ4v) is 5.02. The van der Waals surface area contributed by atoms with Gasteiger partial charge in [0, 0.05) is 18.6 Å². The minimum absolute atomic E-state index is 0.295. The van der Waals surface area contributed by atoms with Gasteiger partial charge in [-0.3, -0.25) is 9.69 Å². The third kappa shape index (κ3) is 6.18. The van der Waals surface area contributed by atoms with Gasteiger partial charge in [0.25, 0.3) is 0 Å². The molecular weight excluding hydrogens is 419 g/mol. The fourth-order valence-electron chi connectivity index (χ4n) is 3.59. The van der Waals surface area contributed by atoms with Crippen molar-refractivity contribution in [3.05, 3.63) is 29.8 Å². The first-order valence-electron chi connectivity index (χ1n) is 9.95. The Hall–Kier alpha value is -1.65. The first kappa shape index (κ1) is 24.6. The lowest BCUT2D eigenvalue weighted by molar-refractivity contribution is -0.139. The van der Waals surface area contributed by atoms with Crippen LogP contribution in [-0.4, -0.2) is 50.4 Å². The molecule has 0 aliphatic carbocycles. The van der Waals surface area contributed by atoms with Crippen LogP contribution in [0.5, 0.6) is 0 Å². The predicted octanol–water partition coefficient (Wildman–Crippen LogP) is 3.00. The highest BCUT2D eigenvalue weighted by molar-refractivity contribution is 7.89. The van der Waals surface area contributed by atoms with Gasteiger partial charge in [0.05, 0.1) is 16.5 Å². The van der Waals surface area contributed by atoms with Crippen LogP contribution in [0.15, 0.2) is 29.2 Å². The van der Waals surface area contributed by atoms with Crippen LogP contribution in [-0.2, 0) is 21.0 Å². The number of rotatable bonds is 7. The van der Waals surface area contributed by atoms with Crippen LogP contribution < -0.4 is 10.0 Å². The minimum atomic E-state index is -4.83. The van der Waals surface area contributed by atoms with Crippen molar-refractivity contribution in [2.45, 2.75) is 63.2 Å². The molecule has 6 nitrogen and oxygen atoms in total. The molecule has 1 heterocycles. The van der Waals surface area contributed by atoms with E-state index < -0.39 is 38.6 Å². The number of hydrogen-bond acceptors (Lipinski definition) is 4. The standard InChI is InChI=1S/C20H30F3N3O3S/c1-14-8-7-11-26(12-14)19(3,4)13-24-18(27)15(2)25-30(28,29)17-10-6-5-9-16(17)20(21,22)23/h5-6,9-10,14-15,25H,7-8,11-13H2,1-4H3,(H,24,27)/t14?,15-/m0/s1. The molecule has 1 fully saturated rings. The zero-order valence-electron chi connectivity index (χ0n) is 17.7. The average molecular weight is 450 g/mol. The van der Waals surface area contributed by atoms with Crippen molar-refractivity contribution < 1.29 is 26.4 Å². The molecule has 10 heteroatoms. The van der Waals surface area contributed by atoms with Gasteiger partial charge in [0.1, 0.15) is 0 Å². The molecule has 1 aromatic rings. The normalized spacial score (nSPS) is 20.0. The van der Waals surface area contributed by atoms with Gasteiger partial charge in [-0.25, -0.2) is 8.42 Å². The highest BCUT2D eigenvalue weighted by Gasteiger charge is 2.38. The second kappa shape index (κ2) is 9.23. The first-order valence-corrected chi connectivity index (χ1v) is 11.4. The highest BCUT2D eigenvalue weighted by atomic mass is 32.2. The van der Waals surface area contributed by atoms with Crippen molar-refractivity contribution in [3.63, 3.8) is 0 Å². The number of nitrogens with one attached hydrogen (secondary N) is 2. The van der Waals surface area contributed by atoms with E-state index in [1.165, 1.54) is 13.0 Å². The number of carbonyl (C=O) groups excluding carboxylic acids is 1. The number of amides is 1. The van der Waals surface area contributed by atoms with Gasteiger partial charge in [0.15, 0.2) is 0 Å². The van der Waals surface area contributed by atoms with E-state index >= 15 is 0 Å². The lowest BCUT2D eigenvalue weighted by Crippen LogP contribution is -2.56. The van der Waals surface area contributed by atoms with Crippen molar-refractivity contribution in [1.82, 2.24) is 14.9 Å². The van der Waals surface area contributed by atoms with Crippen LogP contribution in [0, 0.1) is 5.92 Å². The monoisotopic (exact) mass is 449 g/mol. The summed E-state index contributed by atoms with van der Waals surface area (Å²) in [6, 6.07) is 2.66. The Balaban J connectivity index is 2.03. The smallest absolute Gasteiger partial charge is 0.353 e. The number of alkyl halides is 3. The zero-order valence-corrected chi connectivity index (χ0v) is 18.5. The number of benzene rings is 1. The second-order valence-corrected chi connectivity index (χ2v) is 10.2. The largest absolute Gasteiger partial charge is 0.417 e. The summed E-state index contributed by atoms with van der Waals surface area (Å²) in [5, 5.41) is 2.72. The fraction of sp³-hybridized carbons (Fsp3) is 0.650. The molecule has 1 unspecified atom stereocenters. The van der Waals surface area contributed by atoms with Crippen molar-refractivity contribution >= 4 is 15.9 Å². The van der Waals surface area contributed by atoms with Gasteiger partial charge in [-0.1, -0.05) is 19.1 Å². The van der Waals surface area contributed by atoms with E-state index in [-0.39, 0.29) is 5.54 Å². The number of carbonyl (C=O) groups is 1. The van der Waals surface area contributed by atoms with Crippen molar-refractivity contribution in [3.8, 4) is 0 Å². The van der Waals surface area contributed by atoms with Crippen LogP contribution in [0.1, 0.15) is 46.1 Å². The Bertz CT molecular complexity index is 856. The third-order valence-corrected chi connectivity index (χ3v) is 7.01. The van der Waals surface area contributed by atoms with E-state index in [4.69, 9.17) is 0 Å². The lowest BCUT2D eigenvalue weighted by atomic mass is 9.93. The van der Waals surface area contributed by atoms with Gasteiger partial charge in [-0.2, -0.15) is 17.9 Å². The van der Waals surface area contributed by atoms with Crippen LogP contribution >= 0.6 is 0 Å². The lowest BCUT2D eigenvalue weighted by Gasteiger charge is -2.43. The Labute approximate surface area is 176 Å². The Morgan fingerprint density at radius 2 is 1.90 bits per heavy atom. The molecule has 30 heavy (non-hydrogen) atoms. The second-order valence-electron chi connectivity index (χ2n) is 8.56. The van der Waals surface area contributed by atoms with Gasteiger partial charge >= 0.3 is 6.18 Å². The maximum absolute atomic E-state index is 13.2. The quantitative estimate of drug-likeness (QED) is 0.671. The highest BCUT2D eigenvalue weighted by Crippen LogP contribution is 2.34. The Morgan fingerprint density at radius 1 is 1.27 bits per heavy atom. The van der Waals surface area contributed by atoms with Crippen molar-refractivity contribution in [2.24, 2.45) is 5.92 Å².